The van der Waals surface area contributed by atoms with Crippen molar-refractivity contribution in [1.29, 1.82) is 0 Å². The number of rotatable bonds is 4. The maximum atomic E-state index is 10.0. The van der Waals surface area contributed by atoms with E-state index in [2.05, 4.69) is 10.3 Å². The van der Waals surface area contributed by atoms with E-state index in [1.807, 2.05) is 25.1 Å². The number of nitrogens with one attached hydrogen (secondary N) is 1. The van der Waals surface area contributed by atoms with Gasteiger partial charge in [0.15, 0.2) is 0 Å². The van der Waals surface area contributed by atoms with E-state index in [0.717, 1.165) is 16.8 Å². The Kier molecular flexibility index (Phi) is 4.18. The van der Waals surface area contributed by atoms with Gasteiger partial charge in [0.2, 0.25) is 0 Å². The normalized spacial score (nSPS) is 12.2. The fourth-order valence-corrected chi connectivity index (χ4v) is 1.87. The molecule has 4 heteroatoms. The Labute approximate surface area is 111 Å². The smallest absolute Gasteiger partial charge is 0.0963 e. The number of aromatic nitrogens is 1. The van der Waals surface area contributed by atoms with Crippen LogP contribution in [0, 0.1) is 6.92 Å². The molecule has 94 valence electrons. The van der Waals surface area contributed by atoms with Crippen molar-refractivity contribution in [2.45, 2.75) is 13.0 Å². The summed E-state index contributed by atoms with van der Waals surface area (Å²) in [5.41, 5.74) is 2.88. The first-order valence-electron chi connectivity index (χ1n) is 5.75. The second kappa shape index (κ2) is 5.85. The number of aliphatic hydroxyl groups excluding tert-OH is 1. The molecule has 18 heavy (non-hydrogen) atoms. The molecule has 1 unspecified atom stereocenters. The summed E-state index contributed by atoms with van der Waals surface area (Å²) in [6, 6.07) is 9.26. The maximum Gasteiger partial charge on any atom is 0.0963 e. The number of pyridine rings is 1. The highest BCUT2D eigenvalue weighted by Crippen LogP contribution is 2.21. The van der Waals surface area contributed by atoms with Gasteiger partial charge in [0.25, 0.3) is 0 Å². The number of benzene rings is 1. The van der Waals surface area contributed by atoms with Gasteiger partial charge in [0.05, 0.1) is 6.10 Å². The van der Waals surface area contributed by atoms with Crippen molar-refractivity contribution in [3.63, 3.8) is 0 Å². The summed E-state index contributed by atoms with van der Waals surface area (Å²) in [6.45, 7) is 2.43. The van der Waals surface area contributed by atoms with Crippen LogP contribution in [0.5, 0.6) is 0 Å². The van der Waals surface area contributed by atoms with E-state index in [-0.39, 0.29) is 0 Å². The van der Waals surface area contributed by atoms with Crippen molar-refractivity contribution >= 4 is 17.3 Å². The molecule has 2 aromatic rings. The van der Waals surface area contributed by atoms with Crippen molar-refractivity contribution in [3.8, 4) is 0 Å². The third kappa shape index (κ3) is 3.22. The lowest BCUT2D eigenvalue weighted by atomic mass is 10.1. The Bertz CT molecular complexity index is 516. The average Bonchev–Trinajstić information content (AvgIpc) is 2.40. The van der Waals surface area contributed by atoms with Gasteiger partial charge in [-0.25, -0.2) is 0 Å². The molecule has 0 saturated carbocycles. The molecule has 0 aliphatic rings. The third-order valence-electron chi connectivity index (χ3n) is 2.78. The lowest BCUT2D eigenvalue weighted by Gasteiger charge is -2.14. The molecule has 0 bridgehead atoms. The number of halogens is 1. The van der Waals surface area contributed by atoms with E-state index >= 15 is 0 Å². The topological polar surface area (TPSA) is 45.1 Å². The van der Waals surface area contributed by atoms with Gasteiger partial charge in [0, 0.05) is 29.6 Å². The number of aliphatic hydroxyl groups is 1. The first-order chi connectivity index (χ1) is 8.66. The maximum absolute atomic E-state index is 10.0. The van der Waals surface area contributed by atoms with Crippen molar-refractivity contribution in [1.82, 2.24) is 4.98 Å². The lowest BCUT2D eigenvalue weighted by Crippen LogP contribution is -2.12. The number of hydrogen-bond donors (Lipinski definition) is 2. The number of hydrogen-bond acceptors (Lipinski definition) is 3. The summed E-state index contributed by atoms with van der Waals surface area (Å²) in [4.78, 5) is 3.92. The number of aryl methyl sites for hydroxylation is 1. The molecule has 0 saturated heterocycles. The fourth-order valence-electron chi connectivity index (χ4n) is 1.69. The molecule has 2 N–H and O–H groups in total. The van der Waals surface area contributed by atoms with Crippen LogP contribution in [0.25, 0.3) is 0 Å². The van der Waals surface area contributed by atoms with E-state index in [9.17, 15) is 5.11 Å². The molecule has 0 aliphatic heterocycles. The molecule has 0 aliphatic carbocycles. The van der Waals surface area contributed by atoms with Gasteiger partial charge in [-0.3, -0.25) is 4.98 Å². The molecule has 1 heterocycles. The minimum Gasteiger partial charge on any atom is -0.387 e. The van der Waals surface area contributed by atoms with Crippen LogP contribution in [-0.2, 0) is 0 Å². The molecule has 2 rings (SSSR count). The number of nitrogens with zero attached hydrogens (tertiary/aromatic N) is 1. The second-order valence-corrected chi connectivity index (χ2v) is 4.57. The fraction of sp³-hybridized carbons (Fsp3) is 0.214. The molecular weight excluding hydrogens is 248 g/mol. The van der Waals surface area contributed by atoms with Gasteiger partial charge in [-0.1, -0.05) is 17.7 Å². The summed E-state index contributed by atoms with van der Waals surface area (Å²) < 4.78 is 0. The van der Waals surface area contributed by atoms with Gasteiger partial charge < -0.3 is 10.4 Å². The summed E-state index contributed by atoms with van der Waals surface area (Å²) >= 11 is 5.94. The standard InChI is InChI=1S/C14H15ClN2O/c1-10-2-3-12(15)8-13(10)17-9-14(18)11-4-6-16-7-5-11/h2-8,14,17-18H,9H2,1H3. The van der Waals surface area contributed by atoms with Crippen LogP contribution in [0.4, 0.5) is 5.69 Å². The Morgan fingerprint density at radius 2 is 2.00 bits per heavy atom. The molecule has 0 fully saturated rings. The Morgan fingerprint density at radius 1 is 1.28 bits per heavy atom. The zero-order valence-electron chi connectivity index (χ0n) is 10.1. The van der Waals surface area contributed by atoms with E-state index < -0.39 is 6.10 Å². The summed E-state index contributed by atoms with van der Waals surface area (Å²) in [7, 11) is 0. The first-order valence-corrected chi connectivity index (χ1v) is 6.12. The van der Waals surface area contributed by atoms with Crippen molar-refractivity contribution < 1.29 is 5.11 Å². The summed E-state index contributed by atoms with van der Waals surface area (Å²) in [6.07, 6.45) is 2.78. The molecule has 1 atom stereocenters. The van der Waals surface area contributed by atoms with Crippen LogP contribution >= 0.6 is 11.6 Å². The van der Waals surface area contributed by atoms with Crippen LogP contribution < -0.4 is 5.32 Å². The predicted molar refractivity (Wildman–Crippen MR) is 73.9 cm³/mol. The van der Waals surface area contributed by atoms with E-state index in [0.29, 0.717) is 11.6 Å². The highest BCUT2D eigenvalue weighted by atomic mass is 35.5. The Balaban J connectivity index is 2.01. The molecular formula is C14H15ClN2O. The van der Waals surface area contributed by atoms with Crippen molar-refractivity contribution in [3.05, 3.63) is 58.9 Å². The quantitative estimate of drug-likeness (QED) is 0.890. The average molecular weight is 263 g/mol. The summed E-state index contributed by atoms with van der Waals surface area (Å²) in [5.74, 6) is 0. The van der Waals surface area contributed by atoms with Crippen molar-refractivity contribution in [2.24, 2.45) is 0 Å². The highest BCUT2D eigenvalue weighted by Gasteiger charge is 2.07. The largest absolute Gasteiger partial charge is 0.387 e. The Morgan fingerprint density at radius 3 is 2.72 bits per heavy atom. The minimum atomic E-state index is -0.564. The van der Waals surface area contributed by atoms with E-state index in [1.54, 1.807) is 24.5 Å². The van der Waals surface area contributed by atoms with Crippen LogP contribution in [0.15, 0.2) is 42.7 Å². The van der Waals surface area contributed by atoms with Crippen LogP contribution in [-0.4, -0.2) is 16.6 Å². The first kappa shape index (κ1) is 12.9. The van der Waals surface area contributed by atoms with Crippen LogP contribution in [0.2, 0.25) is 5.02 Å². The monoisotopic (exact) mass is 262 g/mol. The van der Waals surface area contributed by atoms with E-state index in [1.165, 1.54) is 0 Å². The van der Waals surface area contributed by atoms with Gasteiger partial charge in [-0.05, 0) is 42.3 Å². The predicted octanol–water partition coefficient (Wildman–Crippen LogP) is 3.19. The third-order valence-corrected chi connectivity index (χ3v) is 3.01. The number of anilines is 1. The molecule has 1 aromatic heterocycles. The van der Waals surface area contributed by atoms with Crippen LogP contribution in [0.1, 0.15) is 17.2 Å². The van der Waals surface area contributed by atoms with Crippen LogP contribution in [0.3, 0.4) is 0 Å². The second-order valence-electron chi connectivity index (χ2n) is 4.14. The van der Waals surface area contributed by atoms with Gasteiger partial charge >= 0.3 is 0 Å². The van der Waals surface area contributed by atoms with Gasteiger partial charge in [0.1, 0.15) is 0 Å². The molecule has 3 nitrogen and oxygen atoms in total. The Hall–Kier alpha value is -1.58. The van der Waals surface area contributed by atoms with Crippen molar-refractivity contribution in [2.75, 3.05) is 11.9 Å². The van der Waals surface area contributed by atoms with Gasteiger partial charge in [-0.15, -0.1) is 0 Å². The van der Waals surface area contributed by atoms with E-state index in [4.69, 9.17) is 11.6 Å². The molecule has 0 spiro atoms. The zero-order chi connectivity index (χ0) is 13.0. The molecule has 0 amide bonds. The minimum absolute atomic E-state index is 0.436. The lowest BCUT2D eigenvalue weighted by molar-refractivity contribution is 0.191. The highest BCUT2D eigenvalue weighted by molar-refractivity contribution is 6.30. The summed E-state index contributed by atoms with van der Waals surface area (Å²) in [5, 5.41) is 13.9. The van der Waals surface area contributed by atoms with Gasteiger partial charge in [-0.2, -0.15) is 0 Å². The molecule has 0 radical (unpaired) electrons. The zero-order valence-corrected chi connectivity index (χ0v) is 10.9. The SMILES string of the molecule is Cc1ccc(Cl)cc1NCC(O)c1ccncc1. The molecule has 1 aromatic carbocycles.